The SMILES string of the molecule is COc1cccc(COc2nnc(C)c(C)c2C#N)c1. The maximum Gasteiger partial charge on any atom is 0.252 e. The minimum Gasteiger partial charge on any atom is -0.497 e. The van der Waals surface area contributed by atoms with E-state index in [9.17, 15) is 5.26 Å². The van der Waals surface area contributed by atoms with Crippen LogP contribution in [0.5, 0.6) is 11.6 Å². The molecule has 1 heterocycles. The lowest BCUT2D eigenvalue weighted by molar-refractivity contribution is 0.288. The van der Waals surface area contributed by atoms with Crippen molar-refractivity contribution in [3.63, 3.8) is 0 Å². The Kier molecular flexibility index (Phi) is 4.16. The standard InChI is InChI=1S/C15H15N3O2/c1-10-11(2)17-18-15(14(10)8-16)20-9-12-5-4-6-13(7-12)19-3/h4-7H,9H2,1-3H3. The van der Waals surface area contributed by atoms with Gasteiger partial charge in [-0.3, -0.25) is 0 Å². The van der Waals surface area contributed by atoms with Crippen LogP contribution in [0.25, 0.3) is 0 Å². The average molecular weight is 269 g/mol. The van der Waals surface area contributed by atoms with Gasteiger partial charge in [-0.05, 0) is 37.1 Å². The van der Waals surface area contributed by atoms with Gasteiger partial charge in [0.15, 0.2) is 0 Å². The Morgan fingerprint density at radius 2 is 2.05 bits per heavy atom. The molecule has 0 fully saturated rings. The summed E-state index contributed by atoms with van der Waals surface area (Å²) in [4.78, 5) is 0. The van der Waals surface area contributed by atoms with Crippen LogP contribution in [0.4, 0.5) is 0 Å². The minimum atomic E-state index is 0.262. The molecule has 1 aromatic heterocycles. The van der Waals surface area contributed by atoms with Crippen molar-refractivity contribution in [1.29, 1.82) is 5.26 Å². The molecule has 5 nitrogen and oxygen atoms in total. The summed E-state index contributed by atoms with van der Waals surface area (Å²) in [5.74, 6) is 1.02. The van der Waals surface area contributed by atoms with E-state index in [-0.39, 0.29) is 5.88 Å². The summed E-state index contributed by atoms with van der Waals surface area (Å²) in [6.07, 6.45) is 0. The van der Waals surface area contributed by atoms with E-state index >= 15 is 0 Å². The predicted molar refractivity (Wildman–Crippen MR) is 73.5 cm³/mol. The van der Waals surface area contributed by atoms with Crippen molar-refractivity contribution in [2.45, 2.75) is 20.5 Å². The molecule has 20 heavy (non-hydrogen) atoms. The molecule has 0 aliphatic carbocycles. The lowest BCUT2D eigenvalue weighted by Gasteiger charge is -2.09. The Morgan fingerprint density at radius 3 is 2.75 bits per heavy atom. The van der Waals surface area contributed by atoms with Gasteiger partial charge in [-0.25, -0.2) is 0 Å². The van der Waals surface area contributed by atoms with Crippen LogP contribution < -0.4 is 9.47 Å². The first-order valence-electron chi connectivity index (χ1n) is 6.15. The Hall–Kier alpha value is -2.61. The number of aryl methyl sites for hydroxylation is 1. The van der Waals surface area contributed by atoms with Gasteiger partial charge in [0.25, 0.3) is 5.88 Å². The molecule has 0 amide bonds. The number of hydrogen-bond acceptors (Lipinski definition) is 5. The van der Waals surface area contributed by atoms with Crippen LogP contribution in [0.3, 0.4) is 0 Å². The van der Waals surface area contributed by atoms with Crippen LogP contribution >= 0.6 is 0 Å². The first-order valence-corrected chi connectivity index (χ1v) is 6.15. The Morgan fingerprint density at radius 1 is 1.25 bits per heavy atom. The first kappa shape index (κ1) is 13.8. The fourth-order valence-corrected chi connectivity index (χ4v) is 1.73. The highest BCUT2D eigenvalue weighted by atomic mass is 16.5. The van der Waals surface area contributed by atoms with Gasteiger partial charge in [-0.15, -0.1) is 5.10 Å². The molecule has 0 aliphatic heterocycles. The molecule has 0 aliphatic rings. The van der Waals surface area contributed by atoms with Crippen molar-refractivity contribution in [3.05, 3.63) is 46.6 Å². The maximum absolute atomic E-state index is 9.19. The van der Waals surface area contributed by atoms with E-state index in [0.29, 0.717) is 12.2 Å². The molecule has 0 saturated carbocycles. The lowest BCUT2D eigenvalue weighted by atomic mass is 10.1. The first-order chi connectivity index (χ1) is 9.65. The Bertz CT molecular complexity index is 663. The van der Waals surface area contributed by atoms with Crippen LogP contribution in [-0.4, -0.2) is 17.3 Å². The highest BCUT2D eigenvalue weighted by molar-refractivity contribution is 5.45. The molecular weight excluding hydrogens is 254 g/mol. The van der Waals surface area contributed by atoms with E-state index in [1.54, 1.807) is 7.11 Å². The summed E-state index contributed by atoms with van der Waals surface area (Å²) in [7, 11) is 1.61. The second kappa shape index (κ2) is 6.02. The van der Waals surface area contributed by atoms with Crippen LogP contribution in [0, 0.1) is 25.2 Å². The highest BCUT2D eigenvalue weighted by Gasteiger charge is 2.12. The highest BCUT2D eigenvalue weighted by Crippen LogP contribution is 2.21. The smallest absolute Gasteiger partial charge is 0.252 e. The molecule has 2 aromatic rings. The van der Waals surface area contributed by atoms with Gasteiger partial charge in [-0.2, -0.15) is 10.4 Å². The molecule has 102 valence electrons. The zero-order valence-electron chi connectivity index (χ0n) is 11.7. The number of methoxy groups -OCH3 is 1. The number of hydrogen-bond donors (Lipinski definition) is 0. The van der Waals surface area contributed by atoms with Crippen molar-refractivity contribution in [2.24, 2.45) is 0 Å². The van der Waals surface area contributed by atoms with E-state index in [0.717, 1.165) is 22.6 Å². The van der Waals surface area contributed by atoms with Crippen molar-refractivity contribution in [2.75, 3.05) is 7.11 Å². The number of aromatic nitrogens is 2. The Balaban J connectivity index is 2.19. The zero-order valence-corrected chi connectivity index (χ0v) is 11.7. The summed E-state index contributed by atoms with van der Waals surface area (Å²) in [5, 5.41) is 17.1. The van der Waals surface area contributed by atoms with Crippen molar-refractivity contribution < 1.29 is 9.47 Å². The molecule has 0 N–H and O–H groups in total. The fraction of sp³-hybridized carbons (Fsp3) is 0.267. The van der Waals surface area contributed by atoms with E-state index in [1.807, 2.05) is 38.1 Å². The summed E-state index contributed by atoms with van der Waals surface area (Å²) < 4.78 is 10.7. The van der Waals surface area contributed by atoms with E-state index < -0.39 is 0 Å². The second-order valence-corrected chi connectivity index (χ2v) is 4.34. The maximum atomic E-state index is 9.19. The Labute approximate surface area is 117 Å². The number of nitrogens with zero attached hydrogens (tertiary/aromatic N) is 3. The van der Waals surface area contributed by atoms with Crippen LogP contribution in [0.1, 0.15) is 22.4 Å². The topological polar surface area (TPSA) is 68.0 Å². The third-order valence-corrected chi connectivity index (χ3v) is 3.04. The van der Waals surface area contributed by atoms with Gasteiger partial charge in [-0.1, -0.05) is 12.1 Å². The number of benzene rings is 1. The lowest BCUT2D eigenvalue weighted by Crippen LogP contribution is -2.04. The van der Waals surface area contributed by atoms with Gasteiger partial charge in [0.2, 0.25) is 0 Å². The fourth-order valence-electron chi connectivity index (χ4n) is 1.73. The summed E-state index contributed by atoms with van der Waals surface area (Å²) in [5.41, 5.74) is 2.90. The van der Waals surface area contributed by atoms with Crippen molar-refractivity contribution in [3.8, 4) is 17.7 Å². The molecule has 0 unspecified atom stereocenters. The number of ether oxygens (including phenoxy) is 2. The molecule has 5 heteroatoms. The molecule has 0 saturated heterocycles. The molecule has 0 spiro atoms. The summed E-state index contributed by atoms with van der Waals surface area (Å²) in [6.45, 7) is 3.96. The van der Waals surface area contributed by atoms with E-state index in [4.69, 9.17) is 9.47 Å². The molecular formula is C15H15N3O2. The summed E-state index contributed by atoms with van der Waals surface area (Å²) in [6, 6.07) is 9.65. The third-order valence-electron chi connectivity index (χ3n) is 3.04. The van der Waals surface area contributed by atoms with Gasteiger partial charge in [0.05, 0.1) is 12.8 Å². The third kappa shape index (κ3) is 2.86. The minimum absolute atomic E-state index is 0.262. The van der Waals surface area contributed by atoms with Gasteiger partial charge in [0.1, 0.15) is 24.0 Å². The quantitative estimate of drug-likeness (QED) is 0.853. The largest absolute Gasteiger partial charge is 0.497 e. The summed E-state index contributed by atoms with van der Waals surface area (Å²) >= 11 is 0. The predicted octanol–water partition coefficient (Wildman–Crippen LogP) is 2.55. The zero-order chi connectivity index (χ0) is 14.5. The molecule has 2 rings (SSSR count). The number of nitriles is 1. The van der Waals surface area contributed by atoms with Gasteiger partial charge < -0.3 is 9.47 Å². The molecule has 0 bridgehead atoms. The number of rotatable bonds is 4. The molecule has 0 radical (unpaired) electrons. The normalized spacial score (nSPS) is 9.90. The van der Waals surface area contributed by atoms with Crippen LogP contribution in [-0.2, 0) is 6.61 Å². The molecule has 0 atom stereocenters. The average Bonchev–Trinajstić information content (AvgIpc) is 2.48. The van der Waals surface area contributed by atoms with E-state index in [2.05, 4.69) is 16.3 Å². The van der Waals surface area contributed by atoms with E-state index in [1.165, 1.54) is 0 Å². The van der Waals surface area contributed by atoms with Crippen molar-refractivity contribution in [1.82, 2.24) is 10.2 Å². The molecule has 1 aromatic carbocycles. The second-order valence-electron chi connectivity index (χ2n) is 4.34. The van der Waals surface area contributed by atoms with Crippen molar-refractivity contribution >= 4 is 0 Å². The van der Waals surface area contributed by atoms with Crippen LogP contribution in [0.15, 0.2) is 24.3 Å². The van der Waals surface area contributed by atoms with Gasteiger partial charge >= 0.3 is 0 Å². The van der Waals surface area contributed by atoms with Crippen LogP contribution in [0.2, 0.25) is 0 Å². The monoisotopic (exact) mass is 269 g/mol. The van der Waals surface area contributed by atoms with Gasteiger partial charge in [0, 0.05) is 0 Å².